The highest BCUT2D eigenvalue weighted by atomic mass is 32.1. The van der Waals surface area contributed by atoms with Crippen molar-refractivity contribution in [2.24, 2.45) is 0 Å². The van der Waals surface area contributed by atoms with E-state index < -0.39 is 11.9 Å². The van der Waals surface area contributed by atoms with Crippen molar-refractivity contribution >= 4 is 23.5 Å². The van der Waals surface area contributed by atoms with Gasteiger partial charge < -0.3 is 9.84 Å². The Labute approximate surface area is 77.3 Å². The van der Waals surface area contributed by atoms with E-state index >= 15 is 0 Å². The summed E-state index contributed by atoms with van der Waals surface area (Å²) in [6.07, 6.45) is 0. The molecular formula is C6H6N2O4S. The molecule has 7 heteroatoms. The van der Waals surface area contributed by atoms with Gasteiger partial charge in [0.2, 0.25) is 0 Å². The third-order valence-electron chi connectivity index (χ3n) is 1.15. The number of esters is 1. The SMILES string of the molecule is CCOC(=O)c1snnc1C(=O)O. The maximum Gasteiger partial charge on any atom is 0.358 e. The van der Waals surface area contributed by atoms with Crippen LogP contribution >= 0.6 is 11.5 Å². The molecule has 1 aromatic rings. The van der Waals surface area contributed by atoms with Gasteiger partial charge >= 0.3 is 11.9 Å². The number of carboxylic acids is 1. The summed E-state index contributed by atoms with van der Waals surface area (Å²) in [5.74, 6) is -1.98. The maximum atomic E-state index is 11.1. The minimum absolute atomic E-state index is 0.0747. The zero-order valence-corrected chi connectivity index (χ0v) is 7.50. The van der Waals surface area contributed by atoms with Crippen molar-refractivity contribution in [3.8, 4) is 0 Å². The molecule has 6 nitrogen and oxygen atoms in total. The van der Waals surface area contributed by atoms with Crippen LogP contribution in [-0.2, 0) is 4.74 Å². The molecular weight excluding hydrogens is 196 g/mol. The van der Waals surface area contributed by atoms with Crippen LogP contribution in [-0.4, -0.2) is 33.2 Å². The van der Waals surface area contributed by atoms with Crippen molar-refractivity contribution in [1.29, 1.82) is 0 Å². The standard InChI is InChI=1S/C6H6N2O4S/c1-2-12-6(11)4-3(5(9)10)7-8-13-4/h2H2,1H3,(H,9,10). The van der Waals surface area contributed by atoms with Crippen molar-refractivity contribution in [1.82, 2.24) is 9.59 Å². The lowest BCUT2D eigenvalue weighted by Crippen LogP contribution is -2.09. The topological polar surface area (TPSA) is 89.4 Å². The van der Waals surface area contributed by atoms with E-state index in [0.717, 1.165) is 0 Å². The summed E-state index contributed by atoms with van der Waals surface area (Å²) in [6, 6.07) is 0. The summed E-state index contributed by atoms with van der Waals surface area (Å²) in [5, 5.41) is 11.9. The number of ether oxygens (including phenoxy) is 1. The molecule has 70 valence electrons. The summed E-state index contributed by atoms with van der Waals surface area (Å²) in [4.78, 5) is 21.5. The first-order valence-electron chi connectivity index (χ1n) is 3.39. The third kappa shape index (κ3) is 2.00. The fourth-order valence-corrected chi connectivity index (χ4v) is 1.21. The molecule has 0 aliphatic rings. The Morgan fingerprint density at radius 3 is 2.85 bits per heavy atom. The van der Waals surface area contributed by atoms with Crippen molar-refractivity contribution in [3.63, 3.8) is 0 Å². The molecule has 0 atom stereocenters. The number of hydrogen-bond acceptors (Lipinski definition) is 6. The molecule has 0 aliphatic carbocycles. The van der Waals surface area contributed by atoms with Crippen LogP contribution in [0.25, 0.3) is 0 Å². The Balaban J connectivity index is 2.93. The molecule has 0 saturated heterocycles. The second kappa shape index (κ2) is 3.94. The minimum Gasteiger partial charge on any atom is -0.476 e. The first-order valence-corrected chi connectivity index (χ1v) is 4.17. The lowest BCUT2D eigenvalue weighted by molar-refractivity contribution is 0.0519. The number of carbonyl (C=O) groups excluding carboxylic acids is 1. The average Bonchev–Trinajstić information content (AvgIpc) is 2.52. The van der Waals surface area contributed by atoms with E-state index in [0.29, 0.717) is 11.5 Å². The molecule has 0 fully saturated rings. The smallest absolute Gasteiger partial charge is 0.358 e. The van der Waals surface area contributed by atoms with E-state index in [9.17, 15) is 9.59 Å². The number of rotatable bonds is 3. The lowest BCUT2D eigenvalue weighted by atomic mass is 10.4. The Bertz CT molecular complexity index is 335. The maximum absolute atomic E-state index is 11.1. The van der Waals surface area contributed by atoms with E-state index in [-0.39, 0.29) is 17.2 Å². The predicted molar refractivity (Wildman–Crippen MR) is 42.8 cm³/mol. The van der Waals surface area contributed by atoms with Gasteiger partial charge in [0.1, 0.15) is 0 Å². The van der Waals surface area contributed by atoms with Crippen LogP contribution in [0.1, 0.15) is 27.1 Å². The van der Waals surface area contributed by atoms with Gasteiger partial charge in [0, 0.05) is 0 Å². The van der Waals surface area contributed by atoms with Gasteiger partial charge in [0.15, 0.2) is 10.6 Å². The van der Waals surface area contributed by atoms with Crippen LogP contribution in [0, 0.1) is 0 Å². The first kappa shape index (κ1) is 9.59. The van der Waals surface area contributed by atoms with E-state index in [4.69, 9.17) is 5.11 Å². The minimum atomic E-state index is -1.28. The molecule has 1 N–H and O–H groups in total. The van der Waals surface area contributed by atoms with Gasteiger partial charge in [-0.3, -0.25) is 0 Å². The molecule has 1 heterocycles. The number of carboxylic acid groups (broad SMARTS) is 1. The molecule has 0 aromatic carbocycles. The summed E-state index contributed by atoms with van der Waals surface area (Å²) < 4.78 is 7.96. The average molecular weight is 202 g/mol. The fourth-order valence-electron chi connectivity index (χ4n) is 0.661. The van der Waals surface area contributed by atoms with Gasteiger partial charge in [-0.15, -0.1) is 5.10 Å². The van der Waals surface area contributed by atoms with Gasteiger partial charge in [-0.25, -0.2) is 9.59 Å². The Morgan fingerprint density at radius 1 is 1.62 bits per heavy atom. The van der Waals surface area contributed by atoms with Gasteiger partial charge in [-0.1, -0.05) is 4.49 Å². The zero-order valence-electron chi connectivity index (χ0n) is 6.68. The van der Waals surface area contributed by atoms with Gasteiger partial charge in [-0.2, -0.15) is 0 Å². The number of nitrogens with zero attached hydrogens (tertiary/aromatic N) is 2. The van der Waals surface area contributed by atoms with Crippen LogP contribution in [0.5, 0.6) is 0 Å². The lowest BCUT2D eigenvalue weighted by Gasteiger charge is -1.97. The zero-order chi connectivity index (χ0) is 9.84. The van der Waals surface area contributed by atoms with Crippen molar-refractivity contribution in [3.05, 3.63) is 10.6 Å². The first-order chi connectivity index (χ1) is 6.16. The van der Waals surface area contributed by atoms with E-state index in [1.807, 2.05) is 0 Å². The molecule has 0 aliphatic heterocycles. The van der Waals surface area contributed by atoms with E-state index in [1.165, 1.54) is 0 Å². The molecule has 0 radical (unpaired) electrons. The van der Waals surface area contributed by atoms with Crippen LogP contribution in [0.2, 0.25) is 0 Å². The molecule has 0 spiro atoms. The van der Waals surface area contributed by atoms with E-state index in [1.54, 1.807) is 6.92 Å². The summed E-state index contributed by atoms with van der Waals surface area (Å²) in [6.45, 7) is 1.82. The van der Waals surface area contributed by atoms with Crippen molar-refractivity contribution in [2.45, 2.75) is 6.92 Å². The molecule has 0 saturated carbocycles. The highest BCUT2D eigenvalue weighted by Gasteiger charge is 2.22. The molecule has 0 unspecified atom stereocenters. The van der Waals surface area contributed by atoms with Crippen LogP contribution in [0.15, 0.2) is 0 Å². The third-order valence-corrected chi connectivity index (χ3v) is 1.86. The predicted octanol–water partition coefficient (Wildman–Crippen LogP) is 0.413. The van der Waals surface area contributed by atoms with Gasteiger partial charge in [0.25, 0.3) is 0 Å². The highest BCUT2D eigenvalue weighted by Crippen LogP contribution is 2.11. The molecule has 1 rings (SSSR count). The number of aromatic nitrogens is 2. The van der Waals surface area contributed by atoms with E-state index in [2.05, 4.69) is 14.3 Å². The van der Waals surface area contributed by atoms with Crippen molar-refractivity contribution in [2.75, 3.05) is 6.61 Å². The Kier molecular flexibility index (Phi) is 2.91. The normalized spacial score (nSPS) is 9.62. The highest BCUT2D eigenvalue weighted by molar-refractivity contribution is 7.08. The largest absolute Gasteiger partial charge is 0.476 e. The van der Waals surface area contributed by atoms with Crippen LogP contribution in [0.4, 0.5) is 0 Å². The number of hydrogen-bond donors (Lipinski definition) is 1. The second-order valence-electron chi connectivity index (χ2n) is 1.98. The van der Waals surface area contributed by atoms with Crippen LogP contribution in [0.3, 0.4) is 0 Å². The quantitative estimate of drug-likeness (QED) is 0.714. The molecule has 0 amide bonds. The number of aromatic carboxylic acids is 1. The monoisotopic (exact) mass is 202 g/mol. The Hall–Kier alpha value is -1.50. The molecule has 1 aromatic heterocycles. The second-order valence-corrected chi connectivity index (χ2v) is 2.73. The summed E-state index contributed by atoms with van der Waals surface area (Å²) in [7, 11) is 0. The van der Waals surface area contributed by atoms with Gasteiger partial charge in [-0.05, 0) is 18.5 Å². The molecule has 0 bridgehead atoms. The summed E-state index contributed by atoms with van der Waals surface area (Å²) >= 11 is 0.709. The summed E-state index contributed by atoms with van der Waals surface area (Å²) in [5.41, 5.74) is -0.358. The Morgan fingerprint density at radius 2 is 2.31 bits per heavy atom. The fraction of sp³-hybridized carbons (Fsp3) is 0.333. The number of carbonyl (C=O) groups is 2. The van der Waals surface area contributed by atoms with Crippen molar-refractivity contribution < 1.29 is 19.4 Å². The van der Waals surface area contributed by atoms with Crippen LogP contribution < -0.4 is 0 Å². The van der Waals surface area contributed by atoms with Gasteiger partial charge in [0.05, 0.1) is 6.61 Å². The molecule has 13 heavy (non-hydrogen) atoms.